The number of thiazole rings is 1. The highest BCUT2D eigenvalue weighted by atomic mass is 32.1. The number of hydrogen-bond donors (Lipinski definition) is 1. The Morgan fingerprint density at radius 3 is 2.51 bits per heavy atom. The van der Waals surface area contributed by atoms with Crippen molar-refractivity contribution in [3.63, 3.8) is 0 Å². The predicted molar refractivity (Wildman–Crippen MR) is 152 cm³/mol. The smallest absolute Gasteiger partial charge is 0.275 e. The standard InChI is InChI=1S/C30H30N4O4S/c1-19-3-4-22-17-23(7-10-25(22)31-19)32-29(37)26-18-39-30(33-26)21-13-15-34(16-14-21)28(36)12-11-27(35)20-5-8-24(38-2)9-6-20/h3-10,17-18,21H,11-16H2,1-2H3,(H,32,37). The number of methoxy groups -OCH3 is 1. The number of aryl methyl sites for hydroxylation is 1. The zero-order valence-electron chi connectivity index (χ0n) is 22.0. The molecule has 0 spiro atoms. The third kappa shape index (κ3) is 6.31. The van der Waals surface area contributed by atoms with Crippen LogP contribution < -0.4 is 10.1 Å². The van der Waals surface area contributed by atoms with E-state index < -0.39 is 0 Å². The van der Waals surface area contributed by atoms with Gasteiger partial charge in [0.1, 0.15) is 11.4 Å². The Bertz CT molecular complexity index is 1510. The van der Waals surface area contributed by atoms with Gasteiger partial charge in [-0.1, -0.05) is 6.07 Å². The first-order chi connectivity index (χ1) is 18.9. The molecule has 2 aromatic carbocycles. The Balaban J connectivity index is 1.11. The summed E-state index contributed by atoms with van der Waals surface area (Å²) in [5, 5.41) is 6.60. The number of ketones is 1. The SMILES string of the molecule is COc1ccc(C(=O)CCC(=O)N2CCC(c3nc(C(=O)Nc4ccc5nc(C)ccc5c4)cs3)CC2)cc1. The van der Waals surface area contributed by atoms with Crippen LogP contribution in [0.2, 0.25) is 0 Å². The van der Waals surface area contributed by atoms with E-state index in [4.69, 9.17) is 4.74 Å². The van der Waals surface area contributed by atoms with E-state index >= 15 is 0 Å². The average Bonchev–Trinajstić information content (AvgIpc) is 3.47. The number of likely N-dealkylation sites (tertiary alicyclic amines) is 1. The molecule has 1 aliphatic rings. The molecular formula is C30H30N4O4S. The van der Waals surface area contributed by atoms with Crippen molar-refractivity contribution in [2.24, 2.45) is 0 Å². The fraction of sp³-hybridized carbons (Fsp3) is 0.300. The highest BCUT2D eigenvalue weighted by molar-refractivity contribution is 7.10. The fourth-order valence-electron chi connectivity index (χ4n) is 4.76. The van der Waals surface area contributed by atoms with Gasteiger partial charge in [0.15, 0.2) is 5.78 Å². The topological polar surface area (TPSA) is 101 Å². The summed E-state index contributed by atoms with van der Waals surface area (Å²) in [5.74, 6) is 0.596. The van der Waals surface area contributed by atoms with Crippen LogP contribution in [-0.2, 0) is 4.79 Å². The largest absolute Gasteiger partial charge is 0.497 e. The van der Waals surface area contributed by atoms with Crippen molar-refractivity contribution < 1.29 is 19.1 Å². The molecule has 2 aromatic heterocycles. The third-order valence-corrected chi connectivity index (χ3v) is 8.02. The number of amides is 2. The number of rotatable bonds is 8. The van der Waals surface area contributed by atoms with E-state index in [2.05, 4.69) is 15.3 Å². The lowest BCUT2D eigenvalue weighted by Gasteiger charge is -2.31. The van der Waals surface area contributed by atoms with E-state index in [0.29, 0.717) is 35.8 Å². The molecule has 0 atom stereocenters. The predicted octanol–water partition coefficient (Wildman–Crippen LogP) is 5.63. The van der Waals surface area contributed by atoms with Gasteiger partial charge in [-0.3, -0.25) is 19.4 Å². The second kappa shape index (κ2) is 11.7. The Morgan fingerprint density at radius 2 is 1.77 bits per heavy atom. The maximum Gasteiger partial charge on any atom is 0.275 e. The van der Waals surface area contributed by atoms with Crippen molar-refractivity contribution in [3.8, 4) is 5.75 Å². The molecule has 1 aliphatic heterocycles. The van der Waals surface area contributed by atoms with Gasteiger partial charge in [-0.15, -0.1) is 11.3 Å². The second-order valence-electron chi connectivity index (χ2n) is 9.69. The monoisotopic (exact) mass is 542 g/mol. The van der Waals surface area contributed by atoms with Gasteiger partial charge in [-0.2, -0.15) is 0 Å². The van der Waals surface area contributed by atoms with Crippen LogP contribution in [0.5, 0.6) is 5.75 Å². The van der Waals surface area contributed by atoms with Crippen LogP contribution in [0.4, 0.5) is 5.69 Å². The lowest BCUT2D eigenvalue weighted by Crippen LogP contribution is -2.38. The molecule has 39 heavy (non-hydrogen) atoms. The quantitative estimate of drug-likeness (QED) is 0.290. The first-order valence-corrected chi connectivity index (χ1v) is 13.9. The molecule has 0 unspecified atom stereocenters. The molecule has 1 N–H and O–H groups in total. The molecule has 1 fully saturated rings. The molecule has 0 radical (unpaired) electrons. The Labute approximate surface area is 231 Å². The first-order valence-electron chi connectivity index (χ1n) is 13.0. The number of aromatic nitrogens is 2. The van der Waals surface area contributed by atoms with Crippen molar-refractivity contribution in [3.05, 3.63) is 81.9 Å². The Hall–Kier alpha value is -4.11. The van der Waals surface area contributed by atoms with Crippen molar-refractivity contribution in [2.75, 3.05) is 25.5 Å². The number of pyridine rings is 1. The van der Waals surface area contributed by atoms with Crippen LogP contribution in [0.1, 0.15) is 63.1 Å². The number of ether oxygens (including phenoxy) is 1. The van der Waals surface area contributed by atoms with E-state index in [1.807, 2.05) is 42.2 Å². The number of nitrogens with zero attached hydrogens (tertiary/aromatic N) is 3. The van der Waals surface area contributed by atoms with E-state index in [9.17, 15) is 14.4 Å². The van der Waals surface area contributed by atoms with Crippen LogP contribution in [0.25, 0.3) is 10.9 Å². The molecule has 3 heterocycles. The molecule has 4 aromatic rings. The average molecular weight is 543 g/mol. The summed E-state index contributed by atoms with van der Waals surface area (Å²) in [6.45, 7) is 3.18. The number of carbonyl (C=O) groups excluding carboxylic acids is 3. The number of benzene rings is 2. The van der Waals surface area contributed by atoms with E-state index in [1.54, 1.807) is 36.8 Å². The van der Waals surface area contributed by atoms with Gasteiger partial charge in [-0.05, 0) is 68.3 Å². The second-order valence-corrected chi connectivity index (χ2v) is 10.6. The minimum Gasteiger partial charge on any atom is -0.497 e. The maximum absolute atomic E-state index is 12.8. The van der Waals surface area contributed by atoms with Crippen LogP contribution in [-0.4, -0.2) is 52.7 Å². The van der Waals surface area contributed by atoms with Crippen LogP contribution in [0.3, 0.4) is 0 Å². The summed E-state index contributed by atoms with van der Waals surface area (Å²) in [4.78, 5) is 49.0. The molecule has 0 aliphatic carbocycles. The highest BCUT2D eigenvalue weighted by Crippen LogP contribution is 2.31. The van der Waals surface area contributed by atoms with Gasteiger partial charge < -0.3 is 15.0 Å². The number of carbonyl (C=O) groups is 3. The summed E-state index contributed by atoms with van der Waals surface area (Å²) >= 11 is 1.48. The van der Waals surface area contributed by atoms with Crippen LogP contribution in [0, 0.1) is 6.92 Å². The molecule has 0 bridgehead atoms. The minimum absolute atomic E-state index is 0.00439. The van der Waals surface area contributed by atoms with Crippen LogP contribution in [0.15, 0.2) is 60.0 Å². The summed E-state index contributed by atoms with van der Waals surface area (Å²) < 4.78 is 5.12. The zero-order valence-corrected chi connectivity index (χ0v) is 22.8. The van der Waals surface area contributed by atoms with E-state index in [0.717, 1.165) is 34.4 Å². The van der Waals surface area contributed by atoms with Crippen molar-refractivity contribution in [2.45, 2.75) is 38.5 Å². The Morgan fingerprint density at radius 1 is 1.00 bits per heavy atom. The molecule has 0 saturated carbocycles. The van der Waals surface area contributed by atoms with Crippen molar-refractivity contribution in [1.29, 1.82) is 0 Å². The fourth-order valence-corrected chi connectivity index (χ4v) is 5.73. The molecule has 2 amide bonds. The lowest BCUT2D eigenvalue weighted by atomic mass is 9.97. The molecular weight excluding hydrogens is 512 g/mol. The zero-order chi connectivity index (χ0) is 27.4. The number of Topliss-reactive ketones (excluding diaryl/α,β-unsaturated/α-hetero) is 1. The molecule has 200 valence electrons. The minimum atomic E-state index is -0.244. The number of hydrogen-bond acceptors (Lipinski definition) is 7. The third-order valence-electron chi connectivity index (χ3n) is 7.02. The number of anilines is 1. The molecule has 9 heteroatoms. The number of fused-ring (bicyclic) bond motifs is 1. The van der Waals surface area contributed by atoms with Crippen molar-refractivity contribution >= 4 is 45.5 Å². The molecule has 1 saturated heterocycles. The van der Waals surface area contributed by atoms with Gasteiger partial charge in [0, 0.05) is 59.6 Å². The number of piperidine rings is 1. The maximum atomic E-state index is 12.8. The summed E-state index contributed by atoms with van der Waals surface area (Å²) in [5.41, 5.74) is 3.51. The summed E-state index contributed by atoms with van der Waals surface area (Å²) in [6.07, 6.45) is 1.94. The first kappa shape index (κ1) is 26.5. The van der Waals surface area contributed by atoms with Gasteiger partial charge in [0.25, 0.3) is 5.91 Å². The Kier molecular flexibility index (Phi) is 7.97. The summed E-state index contributed by atoms with van der Waals surface area (Å²) in [6, 6.07) is 16.5. The van der Waals surface area contributed by atoms with Crippen molar-refractivity contribution in [1.82, 2.24) is 14.9 Å². The van der Waals surface area contributed by atoms with E-state index in [1.165, 1.54) is 11.3 Å². The molecule has 5 rings (SSSR count). The lowest BCUT2D eigenvalue weighted by molar-refractivity contribution is -0.132. The molecule has 8 nitrogen and oxygen atoms in total. The van der Waals surface area contributed by atoms with Crippen LogP contribution >= 0.6 is 11.3 Å². The van der Waals surface area contributed by atoms with Gasteiger partial charge in [-0.25, -0.2) is 4.98 Å². The van der Waals surface area contributed by atoms with Gasteiger partial charge in [0.2, 0.25) is 5.91 Å². The van der Waals surface area contributed by atoms with Gasteiger partial charge in [0.05, 0.1) is 17.6 Å². The number of nitrogens with one attached hydrogen (secondary N) is 1. The summed E-state index contributed by atoms with van der Waals surface area (Å²) in [7, 11) is 1.58. The highest BCUT2D eigenvalue weighted by Gasteiger charge is 2.26. The van der Waals surface area contributed by atoms with E-state index in [-0.39, 0.29) is 36.4 Å². The van der Waals surface area contributed by atoms with Gasteiger partial charge >= 0.3 is 0 Å². The normalized spacial score (nSPS) is 13.8.